The Morgan fingerprint density at radius 3 is 2.88 bits per heavy atom. The maximum atomic E-state index is 11.1. The van der Waals surface area contributed by atoms with Crippen molar-refractivity contribution in [2.24, 2.45) is 0 Å². The molecule has 0 aliphatic rings. The number of hydrogen-bond acceptors (Lipinski definition) is 4. The largest absolute Gasteiger partial charge is 0.496 e. The summed E-state index contributed by atoms with van der Waals surface area (Å²) in [5.41, 5.74) is 4.21. The van der Waals surface area contributed by atoms with Crippen LogP contribution in [0.3, 0.4) is 0 Å². The van der Waals surface area contributed by atoms with Crippen LogP contribution in [-0.2, 0) is 0 Å². The molecule has 7 heteroatoms. The van der Waals surface area contributed by atoms with Crippen LogP contribution in [0.25, 0.3) is 21.9 Å². The lowest BCUT2D eigenvalue weighted by Crippen LogP contribution is -2.06. The van der Waals surface area contributed by atoms with Gasteiger partial charge in [0.15, 0.2) is 0 Å². The number of benzene rings is 2. The zero-order valence-corrected chi connectivity index (χ0v) is 14.8. The molecule has 2 aromatic carbocycles. The van der Waals surface area contributed by atoms with Crippen molar-refractivity contribution in [3.63, 3.8) is 0 Å². The first-order chi connectivity index (χ1) is 12.5. The summed E-state index contributed by atoms with van der Waals surface area (Å²) in [7, 11) is 1.55. The lowest BCUT2D eigenvalue weighted by molar-refractivity contribution is 0.208. The molecule has 0 aliphatic carbocycles. The Morgan fingerprint density at radius 2 is 2.15 bits per heavy atom. The molecule has 6 nitrogen and oxygen atoms in total. The lowest BCUT2D eigenvalue weighted by Gasteiger charge is -2.16. The SMILES string of the molecule is COc1cc(C)c2[nH]cc(Cl)c2c1C(O)c1nc2ccc(C#N)cc2[nH]1. The number of fused-ring (bicyclic) bond motifs is 2. The highest BCUT2D eigenvalue weighted by Crippen LogP contribution is 2.40. The zero-order chi connectivity index (χ0) is 18.4. The van der Waals surface area contributed by atoms with E-state index in [4.69, 9.17) is 21.6 Å². The van der Waals surface area contributed by atoms with Crippen molar-refractivity contribution in [3.05, 3.63) is 58.0 Å². The fourth-order valence-corrected chi connectivity index (χ4v) is 3.50. The van der Waals surface area contributed by atoms with E-state index in [0.717, 1.165) is 11.1 Å². The van der Waals surface area contributed by atoms with E-state index >= 15 is 0 Å². The summed E-state index contributed by atoms with van der Waals surface area (Å²) in [6, 6.07) is 9.07. The van der Waals surface area contributed by atoms with E-state index < -0.39 is 6.10 Å². The number of nitriles is 1. The molecule has 0 saturated heterocycles. The van der Waals surface area contributed by atoms with Crippen molar-refractivity contribution in [2.75, 3.05) is 7.11 Å². The monoisotopic (exact) mass is 366 g/mol. The topological polar surface area (TPSA) is 97.7 Å². The van der Waals surface area contributed by atoms with E-state index in [1.807, 2.05) is 13.0 Å². The minimum absolute atomic E-state index is 0.357. The molecule has 1 atom stereocenters. The molecule has 2 heterocycles. The van der Waals surface area contributed by atoms with E-state index in [-0.39, 0.29) is 0 Å². The van der Waals surface area contributed by atoms with Crippen molar-refractivity contribution < 1.29 is 9.84 Å². The van der Waals surface area contributed by atoms with Crippen molar-refractivity contribution in [1.29, 1.82) is 5.26 Å². The highest BCUT2D eigenvalue weighted by Gasteiger charge is 2.25. The quantitative estimate of drug-likeness (QED) is 0.511. The summed E-state index contributed by atoms with van der Waals surface area (Å²) in [5.74, 6) is 0.887. The Bertz CT molecular complexity index is 1190. The number of nitrogens with one attached hydrogen (secondary N) is 2. The molecule has 0 amide bonds. The Hall–Kier alpha value is -3.01. The zero-order valence-electron chi connectivity index (χ0n) is 14.1. The van der Waals surface area contributed by atoms with Crippen LogP contribution in [0.5, 0.6) is 5.75 Å². The number of aliphatic hydroxyl groups is 1. The van der Waals surface area contributed by atoms with Gasteiger partial charge in [0.25, 0.3) is 0 Å². The number of ether oxygens (including phenoxy) is 1. The van der Waals surface area contributed by atoms with Gasteiger partial charge in [0.05, 0.1) is 40.3 Å². The van der Waals surface area contributed by atoms with Crippen LogP contribution in [0.4, 0.5) is 0 Å². The molecular weight excluding hydrogens is 352 g/mol. The van der Waals surface area contributed by atoms with E-state index in [0.29, 0.717) is 44.1 Å². The minimum Gasteiger partial charge on any atom is -0.496 e. The number of aromatic nitrogens is 3. The first-order valence-electron chi connectivity index (χ1n) is 7.95. The first-order valence-corrected chi connectivity index (χ1v) is 8.33. The van der Waals surface area contributed by atoms with Gasteiger partial charge in [0.1, 0.15) is 17.7 Å². The number of aryl methyl sites for hydroxylation is 1. The average molecular weight is 367 g/mol. The number of imidazole rings is 1. The Morgan fingerprint density at radius 1 is 1.35 bits per heavy atom. The third-order valence-electron chi connectivity index (χ3n) is 4.49. The molecule has 2 aromatic heterocycles. The number of rotatable bonds is 3. The first kappa shape index (κ1) is 16.5. The second kappa shape index (κ2) is 6.06. The van der Waals surface area contributed by atoms with Gasteiger partial charge in [0, 0.05) is 17.1 Å². The molecule has 0 fully saturated rings. The normalized spacial score (nSPS) is 12.4. The summed E-state index contributed by atoms with van der Waals surface area (Å²) in [5, 5.41) is 21.3. The van der Waals surface area contributed by atoms with E-state index in [2.05, 4.69) is 21.0 Å². The van der Waals surface area contributed by atoms with Crippen LogP contribution < -0.4 is 4.74 Å². The van der Waals surface area contributed by atoms with E-state index in [1.54, 1.807) is 31.5 Å². The Balaban J connectivity index is 1.94. The minimum atomic E-state index is -1.07. The molecule has 4 aromatic rings. The van der Waals surface area contributed by atoms with E-state index in [9.17, 15) is 5.11 Å². The highest BCUT2D eigenvalue weighted by molar-refractivity contribution is 6.36. The molecule has 3 N–H and O–H groups in total. The third kappa shape index (κ3) is 2.41. The summed E-state index contributed by atoms with van der Waals surface area (Å²) in [4.78, 5) is 10.7. The van der Waals surface area contributed by atoms with Crippen LogP contribution in [0.15, 0.2) is 30.5 Å². The molecule has 130 valence electrons. The van der Waals surface area contributed by atoms with Gasteiger partial charge in [-0.25, -0.2) is 4.98 Å². The predicted molar refractivity (Wildman–Crippen MR) is 99.5 cm³/mol. The molecule has 0 saturated carbocycles. The van der Waals surface area contributed by atoms with Crippen molar-refractivity contribution in [3.8, 4) is 11.8 Å². The molecular formula is C19H15ClN4O2. The van der Waals surface area contributed by atoms with Gasteiger partial charge in [-0.1, -0.05) is 11.6 Å². The maximum absolute atomic E-state index is 11.1. The number of nitrogens with zero attached hydrogens (tertiary/aromatic N) is 2. The van der Waals surface area contributed by atoms with Crippen LogP contribution in [0.1, 0.15) is 28.6 Å². The third-order valence-corrected chi connectivity index (χ3v) is 4.79. The molecule has 0 spiro atoms. The number of methoxy groups -OCH3 is 1. The standard InChI is InChI=1S/C19H15ClN4O2/c1-9-5-14(26-2)16(15-11(20)8-22-17(9)15)18(25)19-23-12-4-3-10(7-21)6-13(12)24-19/h3-6,8,18,22,25H,1-2H3,(H,23,24). The molecule has 1 unspecified atom stereocenters. The number of halogens is 1. The van der Waals surface area contributed by atoms with Crippen LogP contribution in [0.2, 0.25) is 5.02 Å². The van der Waals surface area contributed by atoms with Gasteiger partial charge in [-0.15, -0.1) is 0 Å². The van der Waals surface area contributed by atoms with Gasteiger partial charge in [-0.3, -0.25) is 0 Å². The smallest absolute Gasteiger partial charge is 0.141 e. The van der Waals surface area contributed by atoms with Gasteiger partial charge in [0.2, 0.25) is 0 Å². The highest BCUT2D eigenvalue weighted by atomic mass is 35.5. The van der Waals surface area contributed by atoms with Crippen LogP contribution >= 0.6 is 11.6 Å². The van der Waals surface area contributed by atoms with Gasteiger partial charge >= 0.3 is 0 Å². The lowest BCUT2D eigenvalue weighted by atomic mass is 10.00. The molecule has 0 bridgehead atoms. The van der Waals surface area contributed by atoms with Gasteiger partial charge < -0.3 is 19.8 Å². The summed E-state index contributed by atoms with van der Waals surface area (Å²) >= 11 is 6.36. The Kier molecular flexibility index (Phi) is 3.83. The fourth-order valence-electron chi connectivity index (χ4n) is 3.25. The molecule has 0 radical (unpaired) electrons. The summed E-state index contributed by atoms with van der Waals surface area (Å²) in [6.07, 6.45) is 0.617. The average Bonchev–Trinajstić information content (AvgIpc) is 3.24. The second-order valence-electron chi connectivity index (χ2n) is 6.06. The number of aliphatic hydroxyl groups excluding tert-OH is 1. The van der Waals surface area contributed by atoms with Crippen molar-refractivity contribution >= 4 is 33.5 Å². The van der Waals surface area contributed by atoms with Gasteiger partial charge in [-0.2, -0.15) is 5.26 Å². The number of H-pyrrole nitrogens is 2. The predicted octanol–water partition coefficient (Wildman–Crippen LogP) is 3.97. The summed E-state index contributed by atoms with van der Waals surface area (Å²) in [6.45, 7) is 1.94. The second-order valence-corrected chi connectivity index (χ2v) is 6.47. The number of hydrogen-bond donors (Lipinski definition) is 3. The van der Waals surface area contributed by atoms with E-state index in [1.165, 1.54) is 0 Å². The fraction of sp³-hybridized carbons (Fsp3) is 0.158. The maximum Gasteiger partial charge on any atom is 0.141 e. The van der Waals surface area contributed by atoms with Crippen LogP contribution in [-0.4, -0.2) is 27.2 Å². The van der Waals surface area contributed by atoms with Crippen molar-refractivity contribution in [2.45, 2.75) is 13.0 Å². The van der Waals surface area contributed by atoms with Crippen LogP contribution in [0, 0.1) is 18.3 Å². The number of aromatic amines is 2. The molecule has 0 aliphatic heterocycles. The van der Waals surface area contributed by atoms with Gasteiger partial charge in [-0.05, 0) is 36.8 Å². The molecule has 4 rings (SSSR count). The summed E-state index contributed by atoms with van der Waals surface area (Å²) < 4.78 is 5.49. The van der Waals surface area contributed by atoms with Crippen molar-refractivity contribution in [1.82, 2.24) is 15.0 Å². The Labute approximate surface area is 154 Å². The molecule has 26 heavy (non-hydrogen) atoms.